The van der Waals surface area contributed by atoms with E-state index >= 15 is 0 Å². The zero-order chi connectivity index (χ0) is 15.5. The predicted molar refractivity (Wildman–Crippen MR) is 81.1 cm³/mol. The molecule has 0 spiro atoms. The van der Waals surface area contributed by atoms with E-state index in [1.807, 2.05) is 13.8 Å². The topological polar surface area (TPSA) is 84.3 Å². The number of benzene rings is 1. The Kier molecular flexibility index (Phi) is 4.57. The summed E-state index contributed by atoms with van der Waals surface area (Å²) in [4.78, 5) is 22.8. The van der Waals surface area contributed by atoms with Crippen molar-refractivity contribution < 1.29 is 9.72 Å². The van der Waals surface area contributed by atoms with E-state index in [0.717, 1.165) is 25.9 Å². The van der Waals surface area contributed by atoms with E-state index in [1.165, 1.54) is 12.1 Å². The van der Waals surface area contributed by atoms with Gasteiger partial charge in [0.2, 0.25) is 5.91 Å². The second kappa shape index (κ2) is 6.22. The molecule has 2 N–H and O–H groups in total. The number of nitro groups is 1. The van der Waals surface area contributed by atoms with Crippen LogP contribution in [-0.2, 0) is 4.79 Å². The predicted octanol–water partition coefficient (Wildman–Crippen LogP) is 2.56. The summed E-state index contributed by atoms with van der Waals surface area (Å²) in [6.45, 7) is 5.68. The monoisotopic (exact) mass is 291 g/mol. The minimum atomic E-state index is -0.516. The fourth-order valence-corrected chi connectivity index (χ4v) is 2.64. The van der Waals surface area contributed by atoms with Crippen molar-refractivity contribution in [2.75, 3.05) is 18.4 Å². The van der Waals surface area contributed by atoms with Gasteiger partial charge in [-0.1, -0.05) is 19.9 Å². The van der Waals surface area contributed by atoms with E-state index in [-0.39, 0.29) is 17.5 Å². The Morgan fingerprint density at radius 1 is 1.48 bits per heavy atom. The molecular weight excluding hydrogens is 270 g/mol. The van der Waals surface area contributed by atoms with Crippen LogP contribution in [0, 0.1) is 21.4 Å². The summed E-state index contributed by atoms with van der Waals surface area (Å²) in [6.07, 6.45) is 2.08. The number of nitrogens with one attached hydrogen (secondary N) is 2. The van der Waals surface area contributed by atoms with Crippen molar-refractivity contribution >= 4 is 17.3 Å². The Balaban J connectivity index is 2.09. The molecule has 6 heteroatoms. The van der Waals surface area contributed by atoms with E-state index in [4.69, 9.17) is 0 Å². The molecule has 1 aliphatic heterocycles. The van der Waals surface area contributed by atoms with Crippen LogP contribution < -0.4 is 10.6 Å². The lowest BCUT2D eigenvalue weighted by molar-refractivity contribution is -0.384. The average molecular weight is 291 g/mol. The highest BCUT2D eigenvalue weighted by Crippen LogP contribution is 2.33. The van der Waals surface area contributed by atoms with Gasteiger partial charge in [0, 0.05) is 23.2 Å². The summed E-state index contributed by atoms with van der Waals surface area (Å²) >= 11 is 0. The van der Waals surface area contributed by atoms with Gasteiger partial charge in [0.05, 0.1) is 4.92 Å². The summed E-state index contributed by atoms with van der Waals surface area (Å²) < 4.78 is 0. The van der Waals surface area contributed by atoms with Gasteiger partial charge in [0.25, 0.3) is 5.69 Å². The molecule has 1 aromatic carbocycles. The third-order valence-electron chi connectivity index (χ3n) is 4.22. The molecule has 1 aromatic rings. The molecule has 0 aliphatic carbocycles. The number of non-ortho nitro benzene ring substituents is 1. The first kappa shape index (κ1) is 15.4. The molecule has 1 saturated heterocycles. The summed E-state index contributed by atoms with van der Waals surface area (Å²) in [7, 11) is 0. The molecule has 1 heterocycles. The minimum Gasteiger partial charge on any atom is -0.325 e. The standard InChI is InChI=1S/C15H21N3O3/c1-15(2,11-5-4-8-16-10-11)14(19)17-12-6-3-7-13(9-12)18(20)21/h3,6-7,9,11,16H,4-5,8,10H2,1-2H3,(H,17,19). The molecule has 1 fully saturated rings. The molecule has 0 aromatic heterocycles. The fourth-order valence-electron chi connectivity index (χ4n) is 2.64. The summed E-state index contributed by atoms with van der Waals surface area (Å²) in [6, 6.07) is 6.03. The molecule has 0 bridgehead atoms. The molecule has 1 unspecified atom stereocenters. The third-order valence-corrected chi connectivity index (χ3v) is 4.22. The van der Waals surface area contributed by atoms with Crippen molar-refractivity contribution in [2.45, 2.75) is 26.7 Å². The van der Waals surface area contributed by atoms with Gasteiger partial charge in [-0.05, 0) is 37.9 Å². The Bertz CT molecular complexity index is 537. The van der Waals surface area contributed by atoms with E-state index in [0.29, 0.717) is 5.69 Å². The smallest absolute Gasteiger partial charge is 0.271 e. The van der Waals surface area contributed by atoms with Crippen LogP contribution >= 0.6 is 0 Å². The van der Waals surface area contributed by atoms with Crippen molar-refractivity contribution in [1.29, 1.82) is 0 Å². The molecule has 0 radical (unpaired) electrons. The number of amides is 1. The zero-order valence-corrected chi connectivity index (χ0v) is 12.4. The maximum atomic E-state index is 12.5. The summed E-state index contributed by atoms with van der Waals surface area (Å²) in [5.74, 6) is 0.168. The van der Waals surface area contributed by atoms with E-state index in [9.17, 15) is 14.9 Å². The number of piperidine rings is 1. The Morgan fingerprint density at radius 3 is 2.86 bits per heavy atom. The molecule has 114 valence electrons. The molecule has 2 rings (SSSR count). The number of rotatable bonds is 4. The molecule has 21 heavy (non-hydrogen) atoms. The number of hydrogen-bond donors (Lipinski definition) is 2. The number of hydrogen-bond acceptors (Lipinski definition) is 4. The van der Waals surface area contributed by atoms with Crippen LogP contribution in [0.25, 0.3) is 0 Å². The van der Waals surface area contributed by atoms with Gasteiger partial charge in [-0.25, -0.2) is 0 Å². The Labute approximate surface area is 124 Å². The van der Waals surface area contributed by atoms with Crippen LogP contribution in [0.5, 0.6) is 0 Å². The zero-order valence-electron chi connectivity index (χ0n) is 12.4. The lowest BCUT2D eigenvalue weighted by atomic mass is 9.74. The van der Waals surface area contributed by atoms with Crippen molar-refractivity contribution in [3.63, 3.8) is 0 Å². The fraction of sp³-hybridized carbons (Fsp3) is 0.533. The largest absolute Gasteiger partial charge is 0.325 e. The van der Waals surface area contributed by atoms with Crippen LogP contribution in [0.3, 0.4) is 0 Å². The maximum absolute atomic E-state index is 12.5. The molecule has 1 aliphatic rings. The van der Waals surface area contributed by atoms with E-state index < -0.39 is 10.3 Å². The molecule has 6 nitrogen and oxygen atoms in total. The van der Waals surface area contributed by atoms with E-state index in [2.05, 4.69) is 10.6 Å². The third kappa shape index (κ3) is 3.58. The first-order chi connectivity index (χ1) is 9.91. The number of carbonyl (C=O) groups is 1. The molecule has 0 saturated carbocycles. The van der Waals surface area contributed by atoms with Gasteiger partial charge in [-0.15, -0.1) is 0 Å². The Hall–Kier alpha value is -1.95. The first-order valence-corrected chi connectivity index (χ1v) is 7.18. The highest BCUT2D eigenvalue weighted by molar-refractivity contribution is 5.95. The normalized spacial score (nSPS) is 19.0. The van der Waals surface area contributed by atoms with Crippen LogP contribution in [-0.4, -0.2) is 23.9 Å². The lowest BCUT2D eigenvalue weighted by Gasteiger charge is -2.36. The highest BCUT2D eigenvalue weighted by Gasteiger charge is 2.37. The van der Waals surface area contributed by atoms with Crippen molar-refractivity contribution in [2.24, 2.45) is 11.3 Å². The van der Waals surface area contributed by atoms with Gasteiger partial charge in [0.1, 0.15) is 0 Å². The van der Waals surface area contributed by atoms with Crippen LogP contribution in [0.4, 0.5) is 11.4 Å². The van der Waals surface area contributed by atoms with Crippen LogP contribution in [0.2, 0.25) is 0 Å². The van der Waals surface area contributed by atoms with Gasteiger partial charge in [-0.3, -0.25) is 14.9 Å². The van der Waals surface area contributed by atoms with Crippen molar-refractivity contribution in [3.05, 3.63) is 34.4 Å². The summed E-state index contributed by atoms with van der Waals surface area (Å²) in [5.41, 5.74) is -0.0751. The van der Waals surface area contributed by atoms with Crippen molar-refractivity contribution in [1.82, 2.24) is 5.32 Å². The first-order valence-electron chi connectivity index (χ1n) is 7.18. The minimum absolute atomic E-state index is 0.0232. The number of nitro benzene ring substituents is 1. The van der Waals surface area contributed by atoms with Gasteiger partial charge < -0.3 is 10.6 Å². The van der Waals surface area contributed by atoms with E-state index in [1.54, 1.807) is 12.1 Å². The van der Waals surface area contributed by atoms with Gasteiger partial charge >= 0.3 is 0 Å². The number of nitrogens with zero attached hydrogens (tertiary/aromatic N) is 1. The van der Waals surface area contributed by atoms with Crippen molar-refractivity contribution in [3.8, 4) is 0 Å². The van der Waals surface area contributed by atoms with Gasteiger partial charge in [0.15, 0.2) is 0 Å². The van der Waals surface area contributed by atoms with Crippen LogP contribution in [0.1, 0.15) is 26.7 Å². The lowest BCUT2D eigenvalue weighted by Crippen LogP contribution is -2.44. The molecule has 1 atom stereocenters. The SMILES string of the molecule is CC(C)(C(=O)Nc1cccc([N+](=O)[O-])c1)C1CCCNC1. The average Bonchev–Trinajstić information content (AvgIpc) is 2.48. The molecule has 1 amide bonds. The molecular formula is C15H21N3O3. The second-order valence-corrected chi connectivity index (χ2v) is 6.03. The maximum Gasteiger partial charge on any atom is 0.271 e. The Morgan fingerprint density at radius 2 is 2.24 bits per heavy atom. The highest BCUT2D eigenvalue weighted by atomic mass is 16.6. The second-order valence-electron chi connectivity index (χ2n) is 6.03. The number of anilines is 1. The number of carbonyl (C=O) groups excluding carboxylic acids is 1. The summed E-state index contributed by atoms with van der Waals surface area (Å²) in [5, 5.41) is 16.9. The van der Waals surface area contributed by atoms with Gasteiger partial charge in [-0.2, -0.15) is 0 Å². The van der Waals surface area contributed by atoms with Crippen LogP contribution in [0.15, 0.2) is 24.3 Å². The quantitative estimate of drug-likeness (QED) is 0.659.